The summed E-state index contributed by atoms with van der Waals surface area (Å²) in [7, 11) is -3.28. The average Bonchev–Trinajstić information content (AvgIpc) is 2.76. The molecule has 0 radical (unpaired) electrons. The topological polar surface area (TPSA) is 81.9 Å². The Morgan fingerprint density at radius 1 is 1.03 bits per heavy atom. The number of sulfone groups is 1. The molecule has 2 aromatic carbocycles. The fourth-order valence-corrected chi connectivity index (χ4v) is 3.80. The molecule has 0 atom stereocenters. The van der Waals surface area contributed by atoms with Gasteiger partial charge in [-0.2, -0.15) is 0 Å². The minimum Gasteiger partial charge on any atom is -0.294 e. The minimum atomic E-state index is -3.28. The predicted octanol–water partition coefficient (Wildman–Crippen LogP) is 2.98. The molecule has 0 fully saturated rings. The first kappa shape index (κ1) is 21.4. The van der Waals surface area contributed by atoms with Gasteiger partial charge < -0.3 is 0 Å². The fourth-order valence-electron chi connectivity index (χ4n) is 3.16. The van der Waals surface area contributed by atoms with E-state index in [1.807, 2.05) is 0 Å². The lowest BCUT2D eigenvalue weighted by molar-refractivity contribution is 0.602. The van der Waals surface area contributed by atoms with Gasteiger partial charge in [0.1, 0.15) is 11.5 Å². The maximum atomic E-state index is 13.3. The summed E-state index contributed by atoms with van der Waals surface area (Å²) in [5.74, 6) is 5.53. The van der Waals surface area contributed by atoms with Crippen LogP contribution < -0.4 is 5.56 Å². The molecule has 0 unspecified atom stereocenters. The third-order valence-electron chi connectivity index (χ3n) is 4.81. The lowest BCUT2D eigenvalue weighted by Gasteiger charge is -2.07. The molecule has 0 aliphatic rings. The quantitative estimate of drug-likeness (QED) is 0.449. The van der Waals surface area contributed by atoms with Gasteiger partial charge in [0.15, 0.2) is 9.84 Å². The van der Waals surface area contributed by atoms with E-state index in [0.717, 1.165) is 17.4 Å². The van der Waals surface area contributed by atoms with E-state index in [2.05, 4.69) is 21.8 Å². The van der Waals surface area contributed by atoms with Gasteiger partial charge in [0.05, 0.1) is 34.9 Å². The van der Waals surface area contributed by atoms with Gasteiger partial charge in [0, 0.05) is 12.7 Å². The van der Waals surface area contributed by atoms with Crippen molar-refractivity contribution in [2.24, 2.45) is 0 Å². The van der Waals surface area contributed by atoms with Gasteiger partial charge in [-0.15, -0.1) is 0 Å². The van der Waals surface area contributed by atoms with Gasteiger partial charge in [-0.3, -0.25) is 9.36 Å². The van der Waals surface area contributed by atoms with Crippen LogP contribution in [0.5, 0.6) is 0 Å². The summed E-state index contributed by atoms with van der Waals surface area (Å²) >= 11 is 0. The summed E-state index contributed by atoms with van der Waals surface area (Å²) in [6.07, 6.45) is 4.44. The summed E-state index contributed by atoms with van der Waals surface area (Å²) in [6, 6.07) is 14.2. The van der Waals surface area contributed by atoms with Crippen molar-refractivity contribution in [2.75, 3.05) is 6.26 Å². The second-order valence-electron chi connectivity index (χ2n) is 7.29. The van der Waals surface area contributed by atoms with Crippen molar-refractivity contribution >= 4 is 20.7 Å². The largest absolute Gasteiger partial charge is 0.294 e. The van der Waals surface area contributed by atoms with Crippen molar-refractivity contribution in [1.29, 1.82) is 0 Å². The molecule has 6 nitrogen and oxygen atoms in total. The maximum absolute atomic E-state index is 13.3. The van der Waals surface area contributed by atoms with Crippen LogP contribution in [0, 0.1) is 17.7 Å². The van der Waals surface area contributed by atoms with Gasteiger partial charge in [-0.1, -0.05) is 30.2 Å². The number of nitrogens with zero attached hydrogens (tertiary/aromatic N) is 3. The highest BCUT2D eigenvalue weighted by atomic mass is 32.2. The number of halogens is 1. The number of pyridine rings is 1. The molecule has 0 spiro atoms. The molecule has 0 aliphatic heterocycles. The van der Waals surface area contributed by atoms with Crippen LogP contribution in [-0.4, -0.2) is 29.2 Å². The van der Waals surface area contributed by atoms with Gasteiger partial charge in [-0.25, -0.2) is 22.8 Å². The average molecular weight is 447 g/mol. The number of rotatable bonds is 4. The fraction of sp³-hybridized carbons (Fsp3) is 0.125. The Bertz CT molecular complexity index is 1530. The molecule has 0 amide bonds. The lowest BCUT2D eigenvalue weighted by Crippen LogP contribution is -2.21. The smallest absolute Gasteiger partial charge is 0.261 e. The number of benzene rings is 2. The van der Waals surface area contributed by atoms with Crippen molar-refractivity contribution in [2.45, 2.75) is 17.9 Å². The predicted molar refractivity (Wildman–Crippen MR) is 119 cm³/mol. The van der Waals surface area contributed by atoms with Crippen LogP contribution in [0.25, 0.3) is 10.9 Å². The monoisotopic (exact) mass is 447 g/mol. The van der Waals surface area contributed by atoms with E-state index >= 15 is 0 Å². The van der Waals surface area contributed by atoms with E-state index in [1.165, 1.54) is 41.4 Å². The van der Waals surface area contributed by atoms with E-state index in [9.17, 15) is 17.6 Å². The Morgan fingerprint density at radius 2 is 1.81 bits per heavy atom. The number of aromatic nitrogens is 3. The van der Waals surface area contributed by atoms with Gasteiger partial charge in [-0.05, 0) is 47.4 Å². The van der Waals surface area contributed by atoms with Crippen LogP contribution in [0.3, 0.4) is 0 Å². The van der Waals surface area contributed by atoms with Crippen LogP contribution in [-0.2, 0) is 22.8 Å². The van der Waals surface area contributed by atoms with Crippen molar-refractivity contribution < 1.29 is 12.8 Å². The second kappa shape index (κ2) is 8.73. The highest BCUT2D eigenvalue weighted by molar-refractivity contribution is 7.90. The number of hydrogen-bond acceptors (Lipinski definition) is 5. The highest BCUT2D eigenvalue weighted by Crippen LogP contribution is 2.12. The first-order valence-corrected chi connectivity index (χ1v) is 11.6. The van der Waals surface area contributed by atoms with E-state index in [4.69, 9.17) is 0 Å². The second-order valence-corrected chi connectivity index (χ2v) is 9.30. The molecule has 2 aromatic heterocycles. The Balaban J connectivity index is 1.59. The summed E-state index contributed by atoms with van der Waals surface area (Å²) in [4.78, 5) is 21.7. The third kappa shape index (κ3) is 4.90. The number of hydrogen-bond donors (Lipinski definition) is 0. The van der Waals surface area contributed by atoms with E-state index in [-0.39, 0.29) is 22.8 Å². The zero-order valence-electron chi connectivity index (χ0n) is 17.1. The van der Waals surface area contributed by atoms with Gasteiger partial charge in [0.2, 0.25) is 0 Å². The van der Waals surface area contributed by atoms with Crippen LogP contribution >= 0.6 is 0 Å². The first-order valence-electron chi connectivity index (χ1n) is 9.67. The molecule has 32 heavy (non-hydrogen) atoms. The third-order valence-corrected chi connectivity index (χ3v) is 5.94. The van der Waals surface area contributed by atoms with E-state index in [1.54, 1.807) is 30.3 Å². The van der Waals surface area contributed by atoms with Crippen molar-refractivity contribution in [3.8, 4) is 11.8 Å². The molecule has 4 rings (SSSR count). The van der Waals surface area contributed by atoms with Crippen molar-refractivity contribution in [3.63, 3.8) is 0 Å². The zero-order valence-corrected chi connectivity index (χ0v) is 17.9. The summed E-state index contributed by atoms with van der Waals surface area (Å²) in [5.41, 5.74) is 2.14. The molecular formula is C24H18FN3O3S. The molecule has 160 valence electrons. The lowest BCUT2D eigenvalue weighted by atomic mass is 10.1. The summed E-state index contributed by atoms with van der Waals surface area (Å²) in [5, 5.41) is 0.380. The molecule has 0 aliphatic carbocycles. The summed E-state index contributed by atoms with van der Waals surface area (Å²) in [6.45, 7) is 0.245. The van der Waals surface area contributed by atoms with Crippen LogP contribution in [0.4, 0.5) is 4.39 Å². The Kier molecular flexibility index (Phi) is 5.84. The summed E-state index contributed by atoms with van der Waals surface area (Å²) < 4.78 is 37.9. The number of fused-ring (bicyclic) bond motifs is 1. The molecule has 0 N–H and O–H groups in total. The first-order chi connectivity index (χ1) is 15.3. The molecule has 2 heterocycles. The molecule has 0 bridgehead atoms. The zero-order chi connectivity index (χ0) is 22.7. The molecule has 8 heteroatoms. The van der Waals surface area contributed by atoms with Crippen LogP contribution in [0.2, 0.25) is 0 Å². The Labute approximate surface area is 184 Å². The van der Waals surface area contributed by atoms with E-state index in [0.29, 0.717) is 23.0 Å². The van der Waals surface area contributed by atoms with E-state index < -0.39 is 9.84 Å². The van der Waals surface area contributed by atoms with Crippen molar-refractivity contribution in [3.05, 3.63) is 100 Å². The molecular weight excluding hydrogens is 429 g/mol. The Hall–Kier alpha value is -3.83. The molecule has 0 saturated heterocycles. The Morgan fingerprint density at radius 3 is 2.53 bits per heavy atom. The van der Waals surface area contributed by atoms with Crippen LogP contribution in [0.15, 0.2) is 76.8 Å². The van der Waals surface area contributed by atoms with Gasteiger partial charge >= 0.3 is 0 Å². The SMILES string of the molecule is CS(=O)(=O)c1ccc(Cn2cnc3cnc(C#CCc4cccc(F)c4)cc3c2=O)cc1. The minimum absolute atomic E-state index is 0.220. The molecule has 4 aromatic rings. The standard InChI is InChI=1S/C24H18FN3O3S/c1-32(30,31)21-10-8-18(9-11-21)15-28-16-27-23-14-26-20(13-22(23)24(28)29)7-3-5-17-4-2-6-19(25)12-17/h2,4,6,8-14,16H,5,15H2,1H3. The maximum Gasteiger partial charge on any atom is 0.261 e. The highest BCUT2D eigenvalue weighted by Gasteiger charge is 2.09. The van der Waals surface area contributed by atoms with Crippen molar-refractivity contribution in [1.82, 2.24) is 14.5 Å². The normalized spacial score (nSPS) is 11.2. The molecule has 0 saturated carbocycles. The van der Waals surface area contributed by atoms with Crippen LogP contribution in [0.1, 0.15) is 16.8 Å². The van der Waals surface area contributed by atoms with Gasteiger partial charge in [0.25, 0.3) is 5.56 Å².